The number of hydrogen-bond acceptors (Lipinski definition) is 3. The number of carbonyl (C=O) groups excluding carboxylic acids is 1. The molecule has 134 valence electrons. The number of ether oxygens (including phenoxy) is 1. The molecule has 0 saturated heterocycles. The topological polar surface area (TPSA) is 70.6 Å². The fourth-order valence-corrected chi connectivity index (χ4v) is 3.23. The minimum absolute atomic E-state index is 0.0796. The summed E-state index contributed by atoms with van der Waals surface area (Å²) in [6.07, 6.45) is 4.83. The summed E-state index contributed by atoms with van der Waals surface area (Å²) in [6, 6.07) is 8.22. The second-order valence-electron chi connectivity index (χ2n) is 6.91. The molecule has 1 unspecified atom stereocenters. The van der Waals surface area contributed by atoms with Gasteiger partial charge in [0, 0.05) is 19.2 Å². The van der Waals surface area contributed by atoms with Crippen molar-refractivity contribution in [3.05, 3.63) is 29.8 Å². The van der Waals surface area contributed by atoms with Crippen molar-refractivity contribution in [1.29, 1.82) is 0 Å². The SMILES string of the molecule is COc1ccc(CC(C)CNC(=O)NC2CCC(CO)CC2)cc1. The molecule has 1 atom stereocenters. The Hall–Kier alpha value is -1.75. The Bertz CT molecular complexity index is 496. The molecule has 0 heterocycles. The maximum Gasteiger partial charge on any atom is 0.315 e. The Morgan fingerprint density at radius 3 is 2.50 bits per heavy atom. The fraction of sp³-hybridized carbons (Fsp3) is 0.632. The molecule has 2 amide bonds. The molecule has 1 fully saturated rings. The molecule has 3 N–H and O–H groups in total. The van der Waals surface area contributed by atoms with E-state index < -0.39 is 0 Å². The summed E-state index contributed by atoms with van der Waals surface area (Å²) in [5.41, 5.74) is 1.24. The molecule has 24 heavy (non-hydrogen) atoms. The van der Waals surface area contributed by atoms with E-state index in [9.17, 15) is 4.79 Å². The van der Waals surface area contributed by atoms with Crippen molar-refractivity contribution in [2.45, 2.75) is 45.1 Å². The number of nitrogens with one attached hydrogen (secondary N) is 2. The van der Waals surface area contributed by atoms with Crippen molar-refractivity contribution in [2.75, 3.05) is 20.3 Å². The van der Waals surface area contributed by atoms with Crippen LogP contribution in [0.3, 0.4) is 0 Å². The van der Waals surface area contributed by atoms with E-state index >= 15 is 0 Å². The maximum absolute atomic E-state index is 12.0. The number of urea groups is 1. The van der Waals surface area contributed by atoms with Gasteiger partial charge in [-0.1, -0.05) is 19.1 Å². The lowest BCUT2D eigenvalue weighted by atomic mass is 9.87. The standard InChI is InChI=1S/C19H30N2O3/c1-14(11-15-5-9-18(24-2)10-6-15)12-20-19(23)21-17-7-3-16(13-22)4-8-17/h5-6,9-10,14,16-17,22H,3-4,7-8,11-13H2,1-2H3,(H2,20,21,23). The molecular weight excluding hydrogens is 304 g/mol. The molecule has 2 rings (SSSR count). The minimum atomic E-state index is -0.0796. The van der Waals surface area contributed by atoms with Gasteiger partial charge in [0.25, 0.3) is 0 Å². The van der Waals surface area contributed by atoms with Crippen molar-refractivity contribution in [3.8, 4) is 5.75 Å². The van der Waals surface area contributed by atoms with Crippen molar-refractivity contribution in [3.63, 3.8) is 0 Å². The highest BCUT2D eigenvalue weighted by molar-refractivity contribution is 5.74. The normalized spacial score (nSPS) is 21.8. The highest BCUT2D eigenvalue weighted by atomic mass is 16.5. The average Bonchev–Trinajstić information content (AvgIpc) is 2.61. The summed E-state index contributed by atoms with van der Waals surface area (Å²) in [7, 11) is 1.66. The van der Waals surface area contributed by atoms with Gasteiger partial charge in [-0.2, -0.15) is 0 Å². The van der Waals surface area contributed by atoms with E-state index in [2.05, 4.69) is 29.7 Å². The van der Waals surface area contributed by atoms with E-state index in [1.54, 1.807) is 7.11 Å². The van der Waals surface area contributed by atoms with Crippen molar-refractivity contribution < 1.29 is 14.6 Å². The molecule has 5 heteroatoms. The van der Waals surface area contributed by atoms with Crippen LogP contribution >= 0.6 is 0 Å². The van der Waals surface area contributed by atoms with Crippen molar-refractivity contribution in [1.82, 2.24) is 10.6 Å². The van der Waals surface area contributed by atoms with E-state index in [-0.39, 0.29) is 18.7 Å². The van der Waals surface area contributed by atoms with Crippen LogP contribution in [0.1, 0.15) is 38.2 Å². The smallest absolute Gasteiger partial charge is 0.315 e. The van der Waals surface area contributed by atoms with E-state index in [0.717, 1.165) is 37.9 Å². The molecule has 1 aliphatic carbocycles. The third-order valence-corrected chi connectivity index (χ3v) is 4.79. The molecule has 0 aliphatic heterocycles. The largest absolute Gasteiger partial charge is 0.497 e. The average molecular weight is 334 g/mol. The van der Waals surface area contributed by atoms with Gasteiger partial charge in [-0.25, -0.2) is 4.79 Å². The Morgan fingerprint density at radius 1 is 1.25 bits per heavy atom. The Morgan fingerprint density at radius 2 is 1.92 bits per heavy atom. The van der Waals surface area contributed by atoms with Gasteiger partial charge >= 0.3 is 6.03 Å². The van der Waals surface area contributed by atoms with Crippen LogP contribution in [0, 0.1) is 11.8 Å². The monoisotopic (exact) mass is 334 g/mol. The molecular formula is C19H30N2O3. The third kappa shape index (κ3) is 6.04. The minimum Gasteiger partial charge on any atom is -0.497 e. The molecule has 1 aliphatic rings. The Labute approximate surface area is 144 Å². The second kappa shape index (κ2) is 9.52. The summed E-state index contributed by atoms with van der Waals surface area (Å²) in [4.78, 5) is 12.0. The number of aliphatic hydroxyl groups excluding tert-OH is 1. The van der Waals surface area contributed by atoms with E-state index in [1.165, 1.54) is 5.56 Å². The second-order valence-corrected chi connectivity index (χ2v) is 6.91. The first-order valence-corrected chi connectivity index (χ1v) is 8.88. The van der Waals surface area contributed by atoms with E-state index in [4.69, 9.17) is 9.84 Å². The molecule has 0 bridgehead atoms. The van der Waals surface area contributed by atoms with Gasteiger partial charge in [0.2, 0.25) is 0 Å². The number of rotatable bonds is 7. The number of benzene rings is 1. The van der Waals surface area contributed by atoms with Crippen molar-refractivity contribution in [2.24, 2.45) is 11.8 Å². The number of hydrogen-bond donors (Lipinski definition) is 3. The van der Waals surface area contributed by atoms with Crippen LogP contribution in [0.4, 0.5) is 4.79 Å². The summed E-state index contributed by atoms with van der Waals surface area (Å²) < 4.78 is 5.16. The highest BCUT2D eigenvalue weighted by Gasteiger charge is 2.21. The predicted molar refractivity (Wildman–Crippen MR) is 95.2 cm³/mol. The van der Waals surface area contributed by atoms with E-state index in [1.807, 2.05) is 12.1 Å². The zero-order chi connectivity index (χ0) is 17.4. The van der Waals surface area contributed by atoms with Crippen molar-refractivity contribution >= 4 is 6.03 Å². The first-order valence-electron chi connectivity index (χ1n) is 8.88. The molecule has 1 aromatic rings. The lowest BCUT2D eigenvalue weighted by Gasteiger charge is -2.28. The molecule has 0 radical (unpaired) electrons. The lowest BCUT2D eigenvalue weighted by molar-refractivity contribution is 0.174. The molecule has 0 aromatic heterocycles. The van der Waals surface area contributed by atoms with E-state index in [0.29, 0.717) is 18.4 Å². The fourth-order valence-electron chi connectivity index (χ4n) is 3.23. The maximum atomic E-state index is 12.0. The number of methoxy groups -OCH3 is 1. The molecule has 1 aromatic carbocycles. The zero-order valence-corrected chi connectivity index (χ0v) is 14.8. The van der Waals surface area contributed by atoms with Crippen LogP contribution in [0.2, 0.25) is 0 Å². The van der Waals surface area contributed by atoms with Crippen LogP contribution in [0.15, 0.2) is 24.3 Å². The van der Waals surface area contributed by atoms with Crippen LogP contribution < -0.4 is 15.4 Å². The van der Waals surface area contributed by atoms with Crippen LogP contribution in [0.5, 0.6) is 5.75 Å². The third-order valence-electron chi connectivity index (χ3n) is 4.79. The Balaban J connectivity index is 1.65. The van der Waals surface area contributed by atoms with Crippen LogP contribution in [0.25, 0.3) is 0 Å². The highest BCUT2D eigenvalue weighted by Crippen LogP contribution is 2.23. The Kier molecular flexibility index (Phi) is 7.37. The number of amides is 2. The summed E-state index contributed by atoms with van der Waals surface area (Å²) in [5, 5.41) is 15.2. The predicted octanol–water partition coefficient (Wildman–Crippen LogP) is 2.72. The number of carbonyl (C=O) groups is 1. The van der Waals surface area contributed by atoms with Crippen LogP contribution in [-0.2, 0) is 6.42 Å². The summed E-state index contributed by atoms with van der Waals surface area (Å²) in [6.45, 7) is 3.06. The summed E-state index contributed by atoms with van der Waals surface area (Å²) in [5.74, 6) is 1.64. The van der Waals surface area contributed by atoms with Gasteiger partial charge in [-0.15, -0.1) is 0 Å². The lowest BCUT2D eigenvalue weighted by Crippen LogP contribution is -2.45. The van der Waals surface area contributed by atoms with Gasteiger partial charge in [-0.05, 0) is 61.6 Å². The summed E-state index contributed by atoms with van der Waals surface area (Å²) >= 11 is 0. The first-order chi connectivity index (χ1) is 11.6. The van der Waals surface area contributed by atoms with Gasteiger partial charge in [0.1, 0.15) is 5.75 Å². The zero-order valence-electron chi connectivity index (χ0n) is 14.8. The van der Waals surface area contributed by atoms with Crippen LogP contribution in [-0.4, -0.2) is 37.4 Å². The number of aliphatic hydroxyl groups is 1. The van der Waals surface area contributed by atoms with Gasteiger partial charge in [0.15, 0.2) is 0 Å². The quantitative estimate of drug-likeness (QED) is 0.718. The van der Waals surface area contributed by atoms with Gasteiger partial charge in [-0.3, -0.25) is 0 Å². The molecule has 5 nitrogen and oxygen atoms in total. The molecule has 0 spiro atoms. The molecule has 1 saturated carbocycles. The first kappa shape index (κ1) is 18.6. The van der Waals surface area contributed by atoms with Gasteiger partial charge in [0.05, 0.1) is 7.11 Å². The van der Waals surface area contributed by atoms with Gasteiger partial charge < -0.3 is 20.5 Å².